The zero-order valence-electron chi connectivity index (χ0n) is 17.0. The molecule has 0 fully saturated rings. The minimum Gasteiger partial charge on any atom is -0.348 e. The molecule has 0 aliphatic carbocycles. The highest BCUT2D eigenvalue weighted by atomic mass is 32.2. The molecule has 0 saturated heterocycles. The maximum Gasteiger partial charge on any atom is 0.244 e. The Morgan fingerprint density at radius 2 is 1.71 bits per heavy atom. The fourth-order valence-electron chi connectivity index (χ4n) is 2.66. The van der Waals surface area contributed by atoms with Crippen LogP contribution in [0.1, 0.15) is 43.0 Å². The zero-order chi connectivity index (χ0) is 20.9. The minimum absolute atomic E-state index is 0.101. The second-order valence-electron chi connectivity index (χ2n) is 7.95. The molecule has 0 bridgehead atoms. The molecular formula is C22H28N2O3S. The summed E-state index contributed by atoms with van der Waals surface area (Å²) in [5.74, 6) is -0.184. The Balaban J connectivity index is 1.93. The van der Waals surface area contributed by atoms with Gasteiger partial charge in [-0.25, -0.2) is 8.42 Å². The van der Waals surface area contributed by atoms with Crippen molar-refractivity contribution in [2.45, 2.75) is 39.7 Å². The lowest BCUT2D eigenvalue weighted by molar-refractivity contribution is -0.116. The second kappa shape index (κ2) is 8.61. The molecule has 150 valence electrons. The summed E-state index contributed by atoms with van der Waals surface area (Å²) >= 11 is 0. The molecule has 0 radical (unpaired) electrons. The van der Waals surface area contributed by atoms with E-state index in [-0.39, 0.29) is 11.3 Å². The number of carbonyl (C=O) groups is 1. The van der Waals surface area contributed by atoms with Gasteiger partial charge in [-0.2, -0.15) is 0 Å². The highest BCUT2D eigenvalue weighted by molar-refractivity contribution is 7.92. The van der Waals surface area contributed by atoms with E-state index in [0.717, 1.165) is 22.9 Å². The van der Waals surface area contributed by atoms with Crippen molar-refractivity contribution in [3.8, 4) is 0 Å². The number of amides is 1. The number of sulfonamides is 1. The van der Waals surface area contributed by atoms with Crippen molar-refractivity contribution >= 4 is 27.7 Å². The summed E-state index contributed by atoms with van der Waals surface area (Å²) in [4.78, 5) is 12.1. The van der Waals surface area contributed by atoms with Crippen LogP contribution in [0, 0.1) is 6.92 Å². The number of benzene rings is 2. The number of rotatable bonds is 6. The van der Waals surface area contributed by atoms with Crippen LogP contribution in [0.25, 0.3) is 6.08 Å². The third-order valence-electron chi connectivity index (χ3n) is 4.26. The average Bonchev–Trinajstić information content (AvgIpc) is 2.59. The van der Waals surface area contributed by atoms with Gasteiger partial charge in [-0.05, 0) is 46.7 Å². The molecule has 5 nitrogen and oxygen atoms in total. The average molecular weight is 401 g/mol. The summed E-state index contributed by atoms with van der Waals surface area (Å²) in [6.07, 6.45) is 4.41. The molecule has 28 heavy (non-hydrogen) atoms. The molecule has 0 spiro atoms. The Kier molecular flexibility index (Phi) is 6.67. The van der Waals surface area contributed by atoms with E-state index in [9.17, 15) is 13.2 Å². The summed E-state index contributed by atoms with van der Waals surface area (Å²) in [5.41, 5.74) is 4.55. The fourth-order valence-corrected chi connectivity index (χ4v) is 3.29. The molecule has 0 unspecified atom stereocenters. The fraction of sp³-hybridized carbons (Fsp3) is 0.318. The topological polar surface area (TPSA) is 75.3 Å². The smallest absolute Gasteiger partial charge is 0.244 e. The lowest BCUT2D eigenvalue weighted by atomic mass is 9.87. The molecule has 2 N–H and O–H groups in total. The summed E-state index contributed by atoms with van der Waals surface area (Å²) < 4.78 is 25.1. The number of hydrogen-bond acceptors (Lipinski definition) is 3. The Hall–Kier alpha value is -2.60. The first-order valence-corrected chi connectivity index (χ1v) is 11.0. The molecule has 1 amide bonds. The third kappa shape index (κ3) is 6.85. The molecule has 6 heteroatoms. The largest absolute Gasteiger partial charge is 0.348 e. The van der Waals surface area contributed by atoms with Gasteiger partial charge in [0.15, 0.2) is 0 Å². The van der Waals surface area contributed by atoms with Gasteiger partial charge in [0.05, 0.1) is 11.9 Å². The molecule has 0 aliphatic rings. The van der Waals surface area contributed by atoms with Crippen molar-refractivity contribution in [1.29, 1.82) is 0 Å². The van der Waals surface area contributed by atoms with Crippen LogP contribution < -0.4 is 10.0 Å². The molecular weight excluding hydrogens is 372 g/mol. The Morgan fingerprint density at radius 3 is 2.25 bits per heavy atom. The van der Waals surface area contributed by atoms with E-state index >= 15 is 0 Å². The minimum atomic E-state index is -3.31. The monoisotopic (exact) mass is 400 g/mol. The van der Waals surface area contributed by atoms with Gasteiger partial charge >= 0.3 is 0 Å². The van der Waals surface area contributed by atoms with Crippen molar-refractivity contribution < 1.29 is 13.2 Å². The van der Waals surface area contributed by atoms with Crippen LogP contribution in [-0.2, 0) is 26.8 Å². The molecule has 0 atom stereocenters. The van der Waals surface area contributed by atoms with Gasteiger partial charge < -0.3 is 5.32 Å². The van der Waals surface area contributed by atoms with Crippen molar-refractivity contribution in [2.75, 3.05) is 11.0 Å². The van der Waals surface area contributed by atoms with Crippen LogP contribution in [0.5, 0.6) is 0 Å². The van der Waals surface area contributed by atoms with Crippen LogP contribution in [-0.4, -0.2) is 20.6 Å². The van der Waals surface area contributed by atoms with Crippen molar-refractivity contribution in [2.24, 2.45) is 0 Å². The number of nitrogens with one attached hydrogen (secondary N) is 2. The van der Waals surface area contributed by atoms with E-state index in [2.05, 4.69) is 42.9 Å². The lowest BCUT2D eigenvalue weighted by Gasteiger charge is -2.18. The van der Waals surface area contributed by atoms with Crippen molar-refractivity contribution in [3.05, 3.63) is 70.8 Å². The number of aryl methyl sites for hydroxylation is 1. The van der Waals surface area contributed by atoms with Gasteiger partial charge in [0, 0.05) is 12.6 Å². The van der Waals surface area contributed by atoms with Gasteiger partial charge in [0.1, 0.15) is 0 Å². The van der Waals surface area contributed by atoms with Crippen LogP contribution in [0.3, 0.4) is 0 Å². The maximum atomic E-state index is 12.1. The van der Waals surface area contributed by atoms with Gasteiger partial charge in [-0.3, -0.25) is 9.52 Å². The van der Waals surface area contributed by atoms with Crippen LogP contribution >= 0.6 is 0 Å². The predicted octanol–water partition coefficient (Wildman–Crippen LogP) is 3.99. The van der Waals surface area contributed by atoms with Crippen LogP contribution in [0.2, 0.25) is 0 Å². The molecule has 0 saturated carbocycles. The molecule has 0 aliphatic heterocycles. The van der Waals surface area contributed by atoms with Gasteiger partial charge in [-0.15, -0.1) is 0 Å². The number of anilines is 1. The number of hydrogen-bond donors (Lipinski definition) is 2. The SMILES string of the molecule is Cc1cc(CNC(=O)C=Cc2ccc(C(C)(C)C)cc2)ccc1NS(C)(=O)=O. The van der Waals surface area contributed by atoms with E-state index in [4.69, 9.17) is 0 Å². The quantitative estimate of drug-likeness (QED) is 0.720. The lowest BCUT2D eigenvalue weighted by Crippen LogP contribution is -2.20. The first kappa shape index (κ1) is 21.7. The molecule has 2 aromatic carbocycles. The van der Waals surface area contributed by atoms with Gasteiger partial charge in [-0.1, -0.05) is 57.2 Å². The van der Waals surface area contributed by atoms with E-state index < -0.39 is 10.0 Å². The first-order valence-electron chi connectivity index (χ1n) is 9.08. The van der Waals surface area contributed by atoms with E-state index in [1.165, 1.54) is 11.6 Å². The highest BCUT2D eigenvalue weighted by Crippen LogP contribution is 2.22. The molecule has 0 aromatic heterocycles. The summed E-state index contributed by atoms with van der Waals surface area (Å²) in [6.45, 7) is 8.68. The van der Waals surface area contributed by atoms with Crippen molar-refractivity contribution in [3.63, 3.8) is 0 Å². The molecule has 2 rings (SSSR count). The second-order valence-corrected chi connectivity index (χ2v) is 9.70. The first-order chi connectivity index (χ1) is 12.9. The van der Waals surface area contributed by atoms with Crippen LogP contribution in [0.4, 0.5) is 5.69 Å². The van der Waals surface area contributed by atoms with Crippen molar-refractivity contribution in [1.82, 2.24) is 5.32 Å². The Bertz CT molecular complexity index is 970. The third-order valence-corrected chi connectivity index (χ3v) is 4.85. The van der Waals surface area contributed by atoms with Crippen LogP contribution in [0.15, 0.2) is 48.5 Å². The molecule has 0 heterocycles. The standard InChI is InChI=1S/C22H28N2O3S/c1-16-14-18(8-12-20(16)24-28(5,26)27)15-23-21(25)13-9-17-6-10-19(11-7-17)22(2,3)4/h6-14,24H,15H2,1-5H3,(H,23,25). The maximum absolute atomic E-state index is 12.1. The summed E-state index contributed by atoms with van der Waals surface area (Å²) in [6, 6.07) is 13.5. The van der Waals surface area contributed by atoms with E-state index in [1.807, 2.05) is 25.1 Å². The highest BCUT2D eigenvalue weighted by Gasteiger charge is 2.12. The Labute approximate surface area is 167 Å². The van der Waals surface area contributed by atoms with Gasteiger partial charge in [0.25, 0.3) is 0 Å². The summed E-state index contributed by atoms with van der Waals surface area (Å²) in [7, 11) is -3.31. The predicted molar refractivity (Wildman–Crippen MR) is 116 cm³/mol. The van der Waals surface area contributed by atoms with E-state index in [0.29, 0.717) is 12.2 Å². The number of carbonyl (C=O) groups excluding carboxylic acids is 1. The van der Waals surface area contributed by atoms with Gasteiger partial charge in [0.2, 0.25) is 15.9 Å². The van der Waals surface area contributed by atoms with E-state index in [1.54, 1.807) is 18.2 Å². The molecule has 2 aromatic rings. The summed E-state index contributed by atoms with van der Waals surface area (Å²) in [5, 5.41) is 2.84. The Morgan fingerprint density at radius 1 is 1.07 bits per heavy atom. The zero-order valence-corrected chi connectivity index (χ0v) is 17.9. The normalized spacial score (nSPS) is 12.2.